The van der Waals surface area contributed by atoms with Crippen LogP contribution in [0.3, 0.4) is 0 Å². The highest BCUT2D eigenvalue weighted by Crippen LogP contribution is 2.42. The van der Waals surface area contributed by atoms with Gasteiger partial charge >= 0.3 is 0 Å². The molecule has 4 nitrogen and oxygen atoms in total. The highest BCUT2D eigenvalue weighted by Gasteiger charge is 2.29. The van der Waals surface area contributed by atoms with Crippen molar-refractivity contribution < 1.29 is 9.53 Å². The molecule has 26 heavy (non-hydrogen) atoms. The van der Waals surface area contributed by atoms with Crippen LogP contribution in [0, 0.1) is 0 Å². The number of likely N-dealkylation sites (N-methyl/N-ethyl adjacent to an activating group) is 1. The molecule has 1 amide bonds. The molecule has 0 saturated carbocycles. The number of aromatic nitrogens is 1. The third-order valence-corrected chi connectivity index (χ3v) is 4.82. The van der Waals surface area contributed by atoms with E-state index in [-0.39, 0.29) is 5.91 Å². The van der Waals surface area contributed by atoms with Gasteiger partial charge in [0.25, 0.3) is 0 Å². The highest BCUT2D eigenvalue weighted by molar-refractivity contribution is 6.30. The number of ether oxygens (including phenoxy) is 1. The minimum absolute atomic E-state index is 0.0691. The van der Waals surface area contributed by atoms with E-state index in [1.54, 1.807) is 24.3 Å². The number of benzene rings is 2. The molecule has 0 unspecified atom stereocenters. The van der Waals surface area contributed by atoms with E-state index in [0.29, 0.717) is 18.1 Å². The molecular weight excluding hydrogens is 348 g/mol. The Hall–Kier alpha value is -2.85. The van der Waals surface area contributed by atoms with Gasteiger partial charge in [0.1, 0.15) is 12.4 Å². The normalized spacial score (nSPS) is 13.0. The van der Waals surface area contributed by atoms with Crippen LogP contribution in [0.25, 0.3) is 11.1 Å². The monoisotopic (exact) mass is 364 g/mol. The van der Waals surface area contributed by atoms with Gasteiger partial charge < -0.3 is 9.64 Å². The van der Waals surface area contributed by atoms with Crippen LogP contribution < -0.4 is 9.64 Å². The first kappa shape index (κ1) is 16.6. The van der Waals surface area contributed by atoms with Gasteiger partial charge in [-0.3, -0.25) is 9.78 Å². The van der Waals surface area contributed by atoms with Crippen molar-refractivity contribution in [1.29, 1.82) is 0 Å². The standard InChI is InChI=1S/C21H17ClN2O2/c1-24-19-9-8-17(15-3-2-10-23-12-15)21(18(19)11-20(24)25)26-13-14-4-6-16(22)7-5-14/h2-10,12H,11,13H2,1H3. The summed E-state index contributed by atoms with van der Waals surface area (Å²) in [7, 11) is 1.79. The first-order valence-corrected chi connectivity index (χ1v) is 8.71. The first-order valence-electron chi connectivity index (χ1n) is 8.33. The molecule has 2 heterocycles. The molecule has 5 heteroatoms. The Labute approximate surface area is 157 Å². The van der Waals surface area contributed by atoms with Gasteiger partial charge in [-0.1, -0.05) is 29.8 Å². The van der Waals surface area contributed by atoms with Gasteiger partial charge in [0.2, 0.25) is 5.91 Å². The van der Waals surface area contributed by atoms with Crippen LogP contribution in [-0.4, -0.2) is 17.9 Å². The molecule has 3 aromatic rings. The third kappa shape index (κ3) is 3.04. The van der Waals surface area contributed by atoms with Crippen molar-refractivity contribution in [3.8, 4) is 16.9 Å². The average Bonchev–Trinajstić information content (AvgIpc) is 2.96. The third-order valence-electron chi connectivity index (χ3n) is 4.57. The fraction of sp³-hybridized carbons (Fsp3) is 0.143. The molecule has 0 fully saturated rings. The second-order valence-corrected chi connectivity index (χ2v) is 6.66. The maximum Gasteiger partial charge on any atom is 0.231 e. The predicted octanol–water partition coefficient (Wildman–Crippen LogP) is 4.50. The second-order valence-electron chi connectivity index (χ2n) is 6.23. The molecule has 0 N–H and O–H groups in total. The summed E-state index contributed by atoms with van der Waals surface area (Å²) in [5.41, 5.74) is 4.74. The van der Waals surface area contributed by atoms with Crippen molar-refractivity contribution in [2.24, 2.45) is 0 Å². The van der Waals surface area contributed by atoms with Gasteiger partial charge in [-0.15, -0.1) is 0 Å². The van der Waals surface area contributed by atoms with Gasteiger partial charge in [0.15, 0.2) is 0 Å². The fourth-order valence-electron chi connectivity index (χ4n) is 3.16. The summed E-state index contributed by atoms with van der Waals surface area (Å²) < 4.78 is 6.21. The van der Waals surface area contributed by atoms with Gasteiger partial charge in [-0.25, -0.2) is 0 Å². The largest absolute Gasteiger partial charge is 0.488 e. The molecule has 0 saturated heterocycles. The van der Waals surface area contributed by atoms with Crippen molar-refractivity contribution in [3.63, 3.8) is 0 Å². The smallest absolute Gasteiger partial charge is 0.231 e. The van der Waals surface area contributed by atoms with E-state index in [0.717, 1.165) is 33.7 Å². The van der Waals surface area contributed by atoms with Gasteiger partial charge in [-0.05, 0) is 35.9 Å². The molecule has 0 radical (unpaired) electrons. The van der Waals surface area contributed by atoms with E-state index in [1.165, 1.54) is 0 Å². The number of nitrogens with zero attached hydrogens (tertiary/aromatic N) is 2. The van der Waals surface area contributed by atoms with Crippen LogP contribution in [0.2, 0.25) is 5.02 Å². The molecule has 1 aromatic heterocycles. The molecule has 1 aliphatic heterocycles. The summed E-state index contributed by atoms with van der Waals surface area (Å²) in [6, 6.07) is 15.4. The Morgan fingerprint density at radius 3 is 2.69 bits per heavy atom. The number of pyridine rings is 1. The molecule has 0 spiro atoms. The summed E-state index contributed by atoms with van der Waals surface area (Å²) in [6.07, 6.45) is 3.88. The molecule has 0 atom stereocenters. The van der Waals surface area contributed by atoms with Crippen LogP contribution in [0.5, 0.6) is 5.75 Å². The van der Waals surface area contributed by atoms with E-state index < -0.39 is 0 Å². The van der Waals surface area contributed by atoms with E-state index in [1.807, 2.05) is 48.5 Å². The number of hydrogen-bond acceptors (Lipinski definition) is 3. The van der Waals surface area contributed by atoms with Crippen LogP contribution in [0.15, 0.2) is 60.9 Å². The van der Waals surface area contributed by atoms with E-state index in [9.17, 15) is 4.79 Å². The summed E-state index contributed by atoms with van der Waals surface area (Å²) in [5, 5.41) is 0.692. The lowest BCUT2D eigenvalue weighted by atomic mass is 10.0. The summed E-state index contributed by atoms with van der Waals surface area (Å²) in [5.74, 6) is 0.808. The number of carbonyl (C=O) groups is 1. The minimum Gasteiger partial charge on any atom is -0.488 e. The molecule has 0 bridgehead atoms. The van der Waals surface area contributed by atoms with Crippen molar-refractivity contribution in [2.45, 2.75) is 13.0 Å². The summed E-state index contributed by atoms with van der Waals surface area (Å²) in [4.78, 5) is 18.1. The fourth-order valence-corrected chi connectivity index (χ4v) is 3.28. The Morgan fingerprint density at radius 1 is 1.15 bits per heavy atom. The zero-order valence-corrected chi connectivity index (χ0v) is 15.0. The van der Waals surface area contributed by atoms with Gasteiger partial charge in [0.05, 0.1) is 12.1 Å². The van der Waals surface area contributed by atoms with E-state index in [4.69, 9.17) is 16.3 Å². The van der Waals surface area contributed by atoms with Crippen molar-refractivity contribution in [1.82, 2.24) is 4.98 Å². The molecule has 2 aromatic carbocycles. The Bertz CT molecular complexity index is 956. The van der Waals surface area contributed by atoms with Crippen LogP contribution >= 0.6 is 11.6 Å². The maximum absolute atomic E-state index is 12.2. The first-order chi connectivity index (χ1) is 12.6. The summed E-state index contributed by atoms with van der Waals surface area (Å²) >= 11 is 5.95. The number of halogens is 1. The maximum atomic E-state index is 12.2. The van der Waals surface area contributed by atoms with Crippen molar-refractivity contribution in [3.05, 3.63) is 77.1 Å². The van der Waals surface area contributed by atoms with Crippen molar-refractivity contribution >= 4 is 23.2 Å². The lowest BCUT2D eigenvalue weighted by Gasteiger charge is -2.17. The van der Waals surface area contributed by atoms with Gasteiger partial charge in [-0.2, -0.15) is 0 Å². The van der Waals surface area contributed by atoms with Crippen molar-refractivity contribution in [2.75, 3.05) is 11.9 Å². The minimum atomic E-state index is 0.0691. The quantitative estimate of drug-likeness (QED) is 0.684. The number of fused-ring (bicyclic) bond motifs is 1. The molecule has 130 valence electrons. The average molecular weight is 365 g/mol. The molecule has 1 aliphatic rings. The lowest BCUT2D eigenvalue weighted by Crippen LogP contribution is -2.20. The Kier molecular flexibility index (Phi) is 4.35. The van der Waals surface area contributed by atoms with E-state index >= 15 is 0 Å². The van der Waals surface area contributed by atoms with Crippen LogP contribution in [0.4, 0.5) is 5.69 Å². The van der Waals surface area contributed by atoms with Crippen LogP contribution in [-0.2, 0) is 17.8 Å². The zero-order valence-electron chi connectivity index (χ0n) is 14.3. The molecule has 4 rings (SSSR count). The zero-order chi connectivity index (χ0) is 18.1. The molecular formula is C21H17ClN2O2. The number of rotatable bonds is 4. The van der Waals surface area contributed by atoms with E-state index in [2.05, 4.69) is 4.98 Å². The Morgan fingerprint density at radius 2 is 1.96 bits per heavy atom. The topological polar surface area (TPSA) is 42.4 Å². The predicted molar refractivity (Wildman–Crippen MR) is 103 cm³/mol. The highest BCUT2D eigenvalue weighted by atomic mass is 35.5. The SMILES string of the molecule is CN1C(=O)Cc2c1ccc(-c1cccnc1)c2OCc1ccc(Cl)cc1. The number of hydrogen-bond donors (Lipinski definition) is 0. The Balaban J connectivity index is 1.75. The summed E-state index contributed by atoms with van der Waals surface area (Å²) in [6.45, 7) is 0.402. The number of amides is 1. The molecule has 0 aliphatic carbocycles. The van der Waals surface area contributed by atoms with Crippen LogP contribution in [0.1, 0.15) is 11.1 Å². The second kappa shape index (κ2) is 6.81. The van der Waals surface area contributed by atoms with Gasteiger partial charge in [0, 0.05) is 41.2 Å². The lowest BCUT2D eigenvalue weighted by molar-refractivity contribution is -0.117. The number of carbonyl (C=O) groups excluding carboxylic acids is 1. The number of anilines is 1.